The fourth-order valence-corrected chi connectivity index (χ4v) is 4.63. The molecule has 0 amide bonds. The number of sulfone groups is 1. The van der Waals surface area contributed by atoms with Crippen LogP contribution in [-0.4, -0.2) is 37.3 Å². The van der Waals surface area contributed by atoms with Gasteiger partial charge in [0.25, 0.3) is 0 Å². The Morgan fingerprint density at radius 3 is 2.72 bits per heavy atom. The first kappa shape index (κ1) is 18.1. The zero-order chi connectivity index (χ0) is 17.9. The van der Waals surface area contributed by atoms with E-state index in [0.717, 1.165) is 15.8 Å². The molecule has 0 spiro atoms. The maximum atomic E-state index is 11.4. The van der Waals surface area contributed by atoms with Crippen molar-refractivity contribution in [2.45, 2.75) is 12.5 Å². The van der Waals surface area contributed by atoms with Gasteiger partial charge in [-0.25, -0.2) is 8.42 Å². The SMILES string of the molecule is O=S1(=O)CC[C@H](NC(=S)N/N=C\c2ccc(-c3ccc(Br)cc3)o2)C1. The van der Waals surface area contributed by atoms with Crippen LogP contribution < -0.4 is 10.7 Å². The number of benzene rings is 1. The first-order chi connectivity index (χ1) is 11.9. The van der Waals surface area contributed by atoms with Crippen LogP contribution in [0.2, 0.25) is 0 Å². The van der Waals surface area contributed by atoms with Crippen LogP contribution in [-0.2, 0) is 9.84 Å². The molecule has 2 aromatic rings. The number of halogens is 1. The molecule has 25 heavy (non-hydrogen) atoms. The Hall–Kier alpha value is -1.71. The van der Waals surface area contributed by atoms with E-state index >= 15 is 0 Å². The van der Waals surface area contributed by atoms with E-state index < -0.39 is 9.84 Å². The van der Waals surface area contributed by atoms with Crippen molar-refractivity contribution in [1.82, 2.24) is 10.7 Å². The Labute approximate surface area is 159 Å². The molecule has 1 aromatic heterocycles. The molecule has 1 fully saturated rings. The molecule has 0 aliphatic carbocycles. The second-order valence-corrected chi connectivity index (χ2v) is 9.20. The summed E-state index contributed by atoms with van der Waals surface area (Å²) in [5.74, 6) is 1.62. The number of hydrazone groups is 1. The predicted molar refractivity (Wildman–Crippen MR) is 105 cm³/mol. The third-order valence-electron chi connectivity index (χ3n) is 3.68. The van der Waals surface area contributed by atoms with Crippen molar-refractivity contribution in [3.63, 3.8) is 0 Å². The molecule has 1 aromatic carbocycles. The van der Waals surface area contributed by atoms with Crippen LogP contribution >= 0.6 is 28.1 Å². The number of furan rings is 1. The fourth-order valence-electron chi connectivity index (χ4n) is 2.47. The highest BCUT2D eigenvalue weighted by molar-refractivity contribution is 9.10. The summed E-state index contributed by atoms with van der Waals surface area (Å²) in [4.78, 5) is 0. The Bertz CT molecular complexity index is 892. The number of nitrogens with zero attached hydrogens (tertiary/aromatic N) is 1. The zero-order valence-electron chi connectivity index (χ0n) is 13.1. The summed E-state index contributed by atoms with van der Waals surface area (Å²) in [5.41, 5.74) is 3.64. The molecule has 132 valence electrons. The summed E-state index contributed by atoms with van der Waals surface area (Å²) in [5, 5.41) is 7.25. The van der Waals surface area contributed by atoms with Gasteiger partial charge < -0.3 is 9.73 Å². The van der Waals surface area contributed by atoms with Crippen molar-refractivity contribution in [3.8, 4) is 11.3 Å². The average molecular weight is 442 g/mol. The van der Waals surface area contributed by atoms with Crippen molar-refractivity contribution < 1.29 is 12.8 Å². The van der Waals surface area contributed by atoms with Crippen LogP contribution in [0.3, 0.4) is 0 Å². The van der Waals surface area contributed by atoms with Gasteiger partial charge in [-0.15, -0.1) is 0 Å². The average Bonchev–Trinajstić information content (AvgIpc) is 3.15. The highest BCUT2D eigenvalue weighted by atomic mass is 79.9. The van der Waals surface area contributed by atoms with Crippen LogP contribution in [0, 0.1) is 0 Å². The number of nitrogens with one attached hydrogen (secondary N) is 2. The summed E-state index contributed by atoms with van der Waals surface area (Å²) >= 11 is 8.51. The predicted octanol–water partition coefficient (Wildman–Crippen LogP) is 2.69. The molecule has 0 unspecified atom stereocenters. The monoisotopic (exact) mass is 441 g/mol. The molecule has 6 nitrogen and oxygen atoms in total. The molecule has 1 saturated heterocycles. The molecule has 1 atom stereocenters. The van der Waals surface area contributed by atoms with Gasteiger partial charge in [-0.3, -0.25) is 5.43 Å². The van der Waals surface area contributed by atoms with Crippen molar-refractivity contribution in [1.29, 1.82) is 0 Å². The number of rotatable bonds is 4. The highest BCUT2D eigenvalue weighted by Crippen LogP contribution is 2.23. The van der Waals surface area contributed by atoms with E-state index in [0.29, 0.717) is 12.2 Å². The van der Waals surface area contributed by atoms with Crippen molar-refractivity contribution >= 4 is 49.3 Å². The van der Waals surface area contributed by atoms with Gasteiger partial charge in [-0.2, -0.15) is 5.10 Å². The fraction of sp³-hybridized carbons (Fsp3) is 0.250. The third kappa shape index (κ3) is 5.13. The van der Waals surface area contributed by atoms with Gasteiger partial charge in [0.1, 0.15) is 11.5 Å². The Morgan fingerprint density at radius 2 is 2.04 bits per heavy atom. The van der Waals surface area contributed by atoms with Crippen molar-refractivity contribution in [2.75, 3.05) is 11.5 Å². The quantitative estimate of drug-likeness (QED) is 0.431. The van der Waals surface area contributed by atoms with E-state index in [1.807, 2.05) is 36.4 Å². The highest BCUT2D eigenvalue weighted by Gasteiger charge is 2.28. The summed E-state index contributed by atoms with van der Waals surface area (Å²) in [6, 6.07) is 11.3. The lowest BCUT2D eigenvalue weighted by molar-refractivity contribution is 0.574. The van der Waals surface area contributed by atoms with Gasteiger partial charge in [-0.1, -0.05) is 28.1 Å². The van der Waals surface area contributed by atoms with E-state index in [9.17, 15) is 8.42 Å². The molecule has 2 heterocycles. The molecule has 9 heteroatoms. The molecule has 0 saturated carbocycles. The molecular weight excluding hydrogens is 426 g/mol. The van der Waals surface area contributed by atoms with Crippen LogP contribution in [0.1, 0.15) is 12.2 Å². The van der Waals surface area contributed by atoms with E-state index in [4.69, 9.17) is 16.6 Å². The first-order valence-corrected chi connectivity index (χ1v) is 10.6. The maximum absolute atomic E-state index is 11.4. The molecule has 3 rings (SSSR count). The Kier molecular flexibility index (Phi) is 5.55. The second-order valence-electron chi connectivity index (χ2n) is 5.65. The third-order valence-corrected chi connectivity index (χ3v) is 6.19. The van der Waals surface area contributed by atoms with Crippen LogP contribution in [0.25, 0.3) is 11.3 Å². The Balaban J connectivity index is 1.52. The van der Waals surface area contributed by atoms with Crippen LogP contribution in [0.5, 0.6) is 0 Å². The molecule has 1 aliphatic rings. The molecule has 0 bridgehead atoms. The van der Waals surface area contributed by atoms with Crippen LogP contribution in [0.4, 0.5) is 0 Å². The van der Waals surface area contributed by atoms with Gasteiger partial charge in [-0.05, 0) is 42.9 Å². The normalized spacial score (nSPS) is 19.2. The maximum Gasteiger partial charge on any atom is 0.187 e. The summed E-state index contributed by atoms with van der Waals surface area (Å²) in [7, 11) is -2.94. The van der Waals surface area contributed by atoms with Gasteiger partial charge in [0.15, 0.2) is 14.9 Å². The van der Waals surface area contributed by atoms with E-state index in [1.165, 1.54) is 6.21 Å². The lowest BCUT2D eigenvalue weighted by Gasteiger charge is -2.11. The smallest absolute Gasteiger partial charge is 0.187 e. The zero-order valence-corrected chi connectivity index (χ0v) is 16.3. The molecular formula is C16H16BrN3O3S2. The standard InChI is InChI=1S/C16H16BrN3O3S2/c17-12-3-1-11(2-4-12)15-6-5-14(23-15)9-18-20-16(24)19-13-7-8-25(21,22)10-13/h1-6,9,13H,7-8,10H2,(H2,19,20,24)/b18-9-/t13-/m0/s1. The van der Waals surface area contributed by atoms with Gasteiger partial charge in [0.05, 0.1) is 17.7 Å². The topological polar surface area (TPSA) is 83.7 Å². The molecule has 1 aliphatic heterocycles. The second kappa shape index (κ2) is 7.67. The minimum Gasteiger partial charge on any atom is -0.455 e. The summed E-state index contributed by atoms with van der Waals surface area (Å²) in [6.45, 7) is 0. The van der Waals surface area contributed by atoms with Gasteiger partial charge in [0, 0.05) is 16.1 Å². The number of hydrogen-bond acceptors (Lipinski definition) is 5. The molecule has 0 radical (unpaired) electrons. The minimum atomic E-state index is -2.94. The van der Waals surface area contributed by atoms with E-state index in [2.05, 4.69) is 31.8 Å². The summed E-state index contributed by atoms with van der Waals surface area (Å²) in [6.07, 6.45) is 2.07. The van der Waals surface area contributed by atoms with Crippen molar-refractivity contribution in [2.24, 2.45) is 5.10 Å². The van der Waals surface area contributed by atoms with Crippen molar-refractivity contribution in [3.05, 3.63) is 46.6 Å². The lowest BCUT2D eigenvalue weighted by Crippen LogP contribution is -2.40. The first-order valence-electron chi connectivity index (χ1n) is 7.57. The van der Waals surface area contributed by atoms with E-state index in [-0.39, 0.29) is 22.7 Å². The van der Waals surface area contributed by atoms with Gasteiger partial charge in [0.2, 0.25) is 0 Å². The van der Waals surface area contributed by atoms with Crippen LogP contribution in [0.15, 0.2) is 50.4 Å². The largest absolute Gasteiger partial charge is 0.455 e. The minimum absolute atomic E-state index is 0.104. The number of hydrogen-bond donors (Lipinski definition) is 2. The number of thiocarbonyl (C=S) groups is 1. The lowest BCUT2D eigenvalue weighted by atomic mass is 10.2. The Morgan fingerprint density at radius 1 is 1.28 bits per heavy atom. The van der Waals surface area contributed by atoms with E-state index in [1.54, 1.807) is 0 Å². The summed E-state index contributed by atoms with van der Waals surface area (Å²) < 4.78 is 29.5. The molecule has 2 N–H and O–H groups in total. The van der Waals surface area contributed by atoms with Gasteiger partial charge >= 0.3 is 0 Å².